The molecule has 1 aliphatic carbocycles. The van der Waals surface area contributed by atoms with E-state index in [-0.39, 0.29) is 11.3 Å². The molecule has 0 aromatic rings. The van der Waals surface area contributed by atoms with E-state index < -0.39 is 0 Å². The molecule has 15 heavy (non-hydrogen) atoms. The highest BCUT2D eigenvalue weighted by Gasteiger charge is 2.33. The summed E-state index contributed by atoms with van der Waals surface area (Å²) in [4.78, 5) is 14.2. The van der Waals surface area contributed by atoms with Crippen LogP contribution in [0.5, 0.6) is 0 Å². The van der Waals surface area contributed by atoms with Crippen LogP contribution < -0.4 is 5.73 Å². The summed E-state index contributed by atoms with van der Waals surface area (Å²) in [7, 11) is 0. The lowest BCUT2D eigenvalue weighted by Gasteiger charge is -2.40. The first-order valence-corrected chi connectivity index (χ1v) is 5.98. The van der Waals surface area contributed by atoms with Gasteiger partial charge in [-0.05, 0) is 32.2 Å². The minimum absolute atomic E-state index is 0.260. The van der Waals surface area contributed by atoms with Gasteiger partial charge in [0.2, 0.25) is 5.91 Å². The number of hydrogen-bond acceptors (Lipinski definition) is 2. The van der Waals surface area contributed by atoms with Gasteiger partial charge in [0.05, 0.1) is 0 Å². The molecule has 0 aromatic heterocycles. The summed E-state index contributed by atoms with van der Waals surface area (Å²) in [5.41, 5.74) is 5.25. The maximum absolute atomic E-state index is 12.2. The van der Waals surface area contributed by atoms with Gasteiger partial charge in [0.15, 0.2) is 0 Å². The zero-order valence-corrected chi connectivity index (χ0v) is 10.3. The van der Waals surface area contributed by atoms with Gasteiger partial charge in [0, 0.05) is 18.0 Å². The predicted molar refractivity (Wildman–Crippen MR) is 62.5 cm³/mol. The highest BCUT2D eigenvalue weighted by Crippen LogP contribution is 2.29. The average Bonchev–Trinajstić information content (AvgIpc) is 2.06. The van der Waals surface area contributed by atoms with Gasteiger partial charge in [0.1, 0.15) is 0 Å². The standard InChI is InChI=1S/C12H24N2O/c1-12(2,3)11(15)14(9-5-8-13)10-6-4-7-10/h10H,4-9,13H2,1-3H3. The summed E-state index contributed by atoms with van der Waals surface area (Å²) >= 11 is 0. The third kappa shape index (κ3) is 3.20. The van der Waals surface area contributed by atoms with Gasteiger partial charge >= 0.3 is 0 Å². The third-order valence-electron chi connectivity index (χ3n) is 3.02. The fourth-order valence-corrected chi connectivity index (χ4v) is 1.84. The Morgan fingerprint density at radius 2 is 2.00 bits per heavy atom. The molecule has 1 saturated carbocycles. The van der Waals surface area contributed by atoms with Gasteiger partial charge in [0.25, 0.3) is 0 Å². The zero-order valence-electron chi connectivity index (χ0n) is 10.3. The van der Waals surface area contributed by atoms with E-state index in [1.807, 2.05) is 20.8 Å². The molecule has 0 heterocycles. The van der Waals surface area contributed by atoms with Crippen LogP contribution in [0.1, 0.15) is 46.5 Å². The molecular formula is C12H24N2O. The van der Waals surface area contributed by atoms with Crippen LogP contribution in [0.3, 0.4) is 0 Å². The number of carbonyl (C=O) groups is 1. The smallest absolute Gasteiger partial charge is 0.228 e. The lowest BCUT2D eigenvalue weighted by Crippen LogP contribution is -2.49. The minimum Gasteiger partial charge on any atom is -0.339 e. The lowest BCUT2D eigenvalue weighted by molar-refractivity contribution is -0.143. The second-order valence-corrected chi connectivity index (χ2v) is 5.48. The summed E-state index contributed by atoms with van der Waals surface area (Å²) in [6.07, 6.45) is 4.53. The summed E-state index contributed by atoms with van der Waals surface area (Å²) in [6.45, 7) is 7.47. The van der Waals surface area contributed by atoms with Crippen LogP contribution >= 0.6 is 0 Å². The molecule has 1 aliphatic rings. The Labute approximate surface area is 93.0 Å². The number of nitrogens with two attached hydrogens (primary N) is 1. The van der Waals surface area contributed by atoms with Crippen molar-refractivity contribution in [3.05, 3.63) is 0 Å². The lowest BCUT2D eigenvalue weighted by atomic mass is 9.87. The van der Waals surface area contributed by atoms with Crippen molar-refractivity contribution in [2.75, 3.05) is 13.1 Å². The van der Waals surface area contributed by atoms with Gasteiger partial charge in [-0.3, -0.25) is 4.79 Å². The zero-order chi connectivity index (χ0) is 11.5. The van der Waals surface area contributed by atoms with Gasteiger partial charge in [-0.15, -0.1) is 0 Å². The molecule has 0 unspecified atom stereocenters. The van der Waals surface area contributed by atoms with E-state index >= 15 is 0 Å². The van der Waals surface area contributed by atoms with Crippen molar-refractivity contribution in [2.45, 2.75) is 52.5 Å². The van der Waals surface area contributed by atoms with E-state index in [0.29, 0.717) is 12.6 Å². The Morgan fingerprint density at radius 3 is 2.33 bits per heavy atom. The molecule has 88 valence electrons. The second-order valence-electron chi connectivity index (χ2n) is 5.48. The minimum atomic E-state index is -0.260. The Morgan fingerprint density at radius 1 is 1.40 bits per heavy atom. The number of carbonyl (C=O) groups excluding carboxylic acids is 1. The molecule has 1 amide bonds. The first-order valence-electron chi connectivity index (χ1n) is 5.98. The van der Waals surface area contributed by atoms with E-state index in [1.54, 1.807) is 0 Å². The van der Waals surface area contributed by atoms with E-state index in [4.69, 9.17) is 5.73 Å². The van der Waals surface area contributed by atoms with Crippen LogP contribution in [-0.4, -0.2) is 29.9 Å². The van der Waals surface area contributed by atoms with Gasteiger partial charge in [-0.2, -0.15) is 0 Å². The normalized spacial score (nSPS) is 17.3. The van der Waals surface area contributed by atoms with E-state index in [0.717, 1.165) is 13.0 Å². The summed E-state index contributed by atoms with van der Waals surface area (Å²) < 4.78 is 0. The highest BCUT2D eigenvalue weighted by atomic mass is 16.2. The number of amides is 1. The van der Waals surface area contributed by atoms with Gasteiger partial charge < -0.3 is 10.6 Å². The Hall–Kier alpha value is -0.570. The van der Waals surface area contributed by atoms with Crippen molar-refractivity contribution in [3.63, 3.8) is 0 Å². The third-order valence-corrected chi connectivity index (χ3v) is 3.02. The fraction of sp³-hybridized carbons (Fsp3) is 0.917. The fourth-order valence-electron chi connectivity index (χ4n) is 1.84. The molecular weight excluding hydrogens is 188 g/mol. The van der Waals surface area contributed by atoms with Crippen molar-refractivity contribution in [3.8, 4) is 0 Å². The van der Waals surface area contributed by atoms with Gasteiger partial charge in [-0.1, -0.05) is 20.8 Å². The summed E-state index contributed by atoms with van der Waals surface area (Å²) in [6, 6.07) is 0.489. The molecule has 0 aromatic carbocycles. The van der Waals surface area contributed by atoms with Crippen molar-refractivity contribution >= 4 is 5.91 Å². The molecule has 0 spiro atoms. The molecule has 1 rings (SSSR count). The molecule has 0 saturated heterocycles. The quantitative estimate of drug-likeness (QED) is 0.772. The average molecular weight is 212 g/mol. The molecule has 1 fully saturated rings. The molecule has 0 radical (unpaired) electrons. The van der Waals surface area contributed by atoms with E-state index in [9.17, 15) is 4.79 Å². The van der Waals surface area contributed by atoms with Crippen molar-refractivity contribution in [1.82, 2.24) is 4.90 Å². The van der Waals surface area contributed by atoms with Gasteiger partial charge in [-0.25, -0.2) is 0 Å². The molecule has 3 nitrogen and oxygen atoms in total. The highest BCUT2D eigenvalue weighted by molar-refractivity contribution is 5.81. The maximum atomic E-state index is 12.2. The van der Waals surface area contributed by atoms with Crippen LogP contribution in [0.15, 0.2) is 0 Å². The molecule has 0 atom stereocenters. The molecule has 0 aliphatic heterocycles. The topological polar surface area (TPSA) is 46.3 Å². The SMILES string of the molecule is CC(C)(C)C(=O)N(CCCN)C1CCC1. The molecule has 3 heteroatoms. The molecule has 2 N–H and O–H groups in total. The number of nitrogens with zero attached hydrogens (tertiary/aromatic N) is 1. The monoisotopic (exact) mass is 212 g/mol. The van der Waals surface area contributed by atoms with Crippen LogP contribution in [0.2, 0.25) is 0 Å². The second kappa shape index (κ2) is 4.97. The largest absolute Gasteiger partial charge is 0.339 e. The van der Waals surface area contributed by atoms with Crippen LogP contribution in [0.4, 0.5) is 0 Å². The first-order chi connectivity index (χ1) is 6.96. The molecule has 0 bridgehead atoms. The summed E-state index contributed by atoms with van der Waals surface area (Å²) in [5, 5.41) is 0. The van der Waals surface area contributed by atoms with Crippen molar-refractivity contribution in [2.24, 2.45) is 11.1 Å². The van der Waals surface area contributed by atoms with E-state index in [2.05, 4.69) is 4.90 Å². The van der Waals surface area contributed by atoms with Crippen LogP contribution in [0, 0.1) is 5.41 Å². The van der Waals surface area contributed by atoms with Crippen LogP contribution in [0.25, 0.3) is 0 Å². The Kier molecular flexibility index (Phi) is 4.14. The predicted octanol–water partition coefficient (Wildman–Crippen LogP) is 1.76. The van der Waals surface area contributed by atoms with E-state index in [1.165, 1.54) is 19.3 Å². The summed E-state index contributed by atoms with van der Waals surface area (Å²) in [5.74, 6) is 0.278. The first kappa shape index (κ1) is 12.5. The van der Waals surface area contributed by atoms with Crippen LogP contribution in [-0.2, 0) is 4.79 Å². The number of rotatable bonds is 4. The van der Waals surface area contributed by atoms with Crippen molar-refractivity contribution < 1.29 is 4.79 Å². The Bertz CT molecular complexity index is 216. The number of hydrogen-bond donors (Lipinski definition) is 1. The van der Waals surface area contributed by atoms with Crippen molar-refractivity contribution in [1.29, 1.82) is 0 Å². The maximum Gasteiger partial charge on any atom is 0.228 e. The Balaban J connectivity index is 2.58.